The van der Waals surface area contributed by atoms with Gasteiger partial charge in [-0.15, -0.1) is 0 Å². The standard InChI is InChI=1S/C15H26N2O2/c1-17(9-12-4-2-3-7-19-12)15(18)13-10-5-6-11(8-10)14(13)16/h10-14H,2-9,16H2,1H3/t10-,11-,12-,13+,14-/m0/s1. The number of nitrogens with two attached hydrogens (primary N) is 1. The summed E-state index contributed by atoms with van der Waals surface area (Å²) in [6.07, 6.45) is 7.29. The normalized spacial score (nSPS) is 41.5. The molecule has 2 aliphatic carbocycles. The second kappa shape index (κ2) is 5.41. The van der Waals surface area contributed by atoms with Crippen molar-refractivity contribution in [1.29, 1.82) is 0 Å². The lowest BCUT2D eigenvalue weighted by atomic mass is 9.84. The number of hydrogen-bond acceptors (Lipinski definition) is 3. The molecule has 0 aromatic rings. The van der Waals surface area contributed by atoms with Gasteiger partial charge in [-0.25, -0.2) is 0 Å². The van der Waals surface area contributed by atoms with Crippen LogP contribution in [0.2, 0.25) is 0 Å². The van der Waals surface area contributed by atoms with Crippen LogP contribution in [0, 0.1) is 17.8 Å². The molecule has 1 heterocycles. The van der Waals surface area contributed by atoms with Crippen molar-refractivity contribution in [3.63, 3.8) is 0 Å². The lowest BCUT2D eigenvalue weighted by Crippen LogP contribution is -2.48. The van der Waals surface area contributed by atoms with Crippen LogP contribution < -0.4 is 5.73 Å². The fourth-order valence-electron chi connectivity index (χ4n) is 4.30. The maximum atomic E-state index is 12.6. The first-order chi connectivity index (χ1) is 9.16. The van der Waals surface area contributed by atoms with Gasteiger partial charge in [0.2, 0.25) is 5.91 Å². The van der Waals surface area contributed by atoms with Gasteiger partial charge in [0.1, 0.15) is 0 Å². The van der Waals surface area contributed by atoms with Crippen molar-refractivity contribution in [3.05, 3.63) is 0 Å². The number of ether oxygens (including phenoxy) is 1. The van der Waals surface area contributed by atoms with E-state index in [1.54, 1.807) is 0 Å². The van der Waals surface area contributed by atoms with Crippen molar-refractivity contribution >= 4 is 5.91 Å². The molecule has 2 bridgehead atoms. The van der Waals surface area contributed by atoms with E-state index in [1.807, 2.05) is 11.9 Å². The molecule has 0 radical (unpaired) electrons. The molecule has 4 nitrogen and oxygen atoms in total. The Hall–Kier alpha value is -0.610. The summed E-state index contributed by atoms with van der Waals surface area (Å²) >= 11 is 0. The van der Waals surface area contributed by atoms with E-state index in [0.29, 0.717) is 11.8 Å². The van der Waals surface area contributed by atoms with Crippen molar-refractivity contribution < 1.29 is 9.53 Å². The monoisotopic (exact) mass is 266 g/mol. The molecule has 3 aliphatic rings. The summed E-state index contributed by atoms with van der Waals surface area (Å²) in [7, 11) is 1.92. The van der Waals surface area contributed by atoms with Crippen molar-refractivity contribution in [2.24, 2.45) is 23.5 Å². The highest BCUT2D eigenvalue weighted by Gasteiger charge is 2.49. The van der Waals surface area contributed by atoms with E-state index in [4.69, 9.17) is 10.5 Å². The van der Waals surface area contributed by atoms with Gasteiger partial charge in [0.25, 0.3) is 0 Å². The largest absolute Gasteiger partial charge is 0.376 e. The Morgan fingerprint density at radius 1 is 1.26 bits per heavy atom. The first kappa shape index (κ1) is 13.4. The van der Waals surface area contributed by atoms with Gasteiger partial charge in [-0.1, -0.05) is 0 Å². The molecule has 19 heavy (non-hydrogen) atoms. The maximum Gasteiger partial charge on any atom is 0.227 e. The molecule has 3 rings (SSSR count). The zero-order chi connectivity index (χ0) is 13.4. The molecule has 5 atom stereocenters. The minimum atomic E-state index is 0.0762. The Morgan fingerprint density at radius 2 is 2.05 bits per heavy atom. The third-order valence-corrected chi connectivity index (χ3v) is 5.39. The number of nitrogens with zero attached hydrogens (tertiary/aromatic N) is 1. The third-order valence-electron chi connectivity index (χ3n) is 5.39. The maximum absolute atomic E-state index is 12.6. The smallest absolute Gasteiger partial charge is 0.227 e. The molecule has 0 unspecified atom stereocenters. The number of rotatable bonds is 3. The molecule has 2 saturated carbocycles. The van der Waals surface area contributed by atoms with E-state index >= 15 is 0 Å². The zero-order valence-electron chi connectivity index (χ0n) is 11.9. The molecular formula is C15H26N2O2. The van der Waals surface area contributed by atoms with Crippen LogP contribution in [-0.2, 0) is 9.53 Å². The Kier molecular flexibility index (Phi) is 3.81. The predicted molar refractivity (Wildman–Crippen MR) is 73.5 cm³/mol. The third kappa shape index (κ3) is 2.52. The average Bonchev–Trinajstić information content (AvgIpc) is 3.00. The molecule has 0 aromatic carbocycles. The second-order valence-electron chi connectivity index (χ2n) is 6.64. The molecule has 1 aliphatic heterocycles. The summed E-state index contributed by atoms with van der Waals surface area (Å²) in [6, 6.07) is 0.0981. The van der Waals surface area contributed by atoms with Crippen LogP contribution >= 0.6 is 0 Å². The summed E-state index contributed by atoms with van der Waals surface area (Å²) in [5, 5.41) is 0. The number of fused-ring (bicyclic) bond motifs is 2. The van der Waals surface area contributed by atoms with Gasteiger partial charge in [0.05, 0.1) is 12.0 Å². The highest BCUT2D eigenvalue weighted by atomic mass is 16.5. The van der Waals surface area contributed by atoms with Crippen LogP contribution in [0.3, 0.4) is 0 Å². The van der Waals surface area contributed by atoms with Crippen LogP contribution in [-0.4, -0.2) is 43.2 Å². The van der Waals surface area contributed by atoms with E-state index in [0.717, 1.165) is 26.0 Å². The van der Waals surface area contributed by atoms with E-state index in [2.05, 4.69) is 0 Å². The predicted octanol–water partition coefficient (Wildman–Crippen LogP) is 1.39. The summed E-state index contributed by atoms with van der Waals surface area (Å²) in [5.74, 6) is 1.47. The highest BCUT2D eigenvalue weighted by Crippen LogP contribution is 2.48. The topological polar surface area (TPSA) is 55.6 Å². The molecule has 4 heteroatoms. The van der Waals surface area contributed by atoms with Crippen LogP contribution in [0.25, 0.3) is 0 Å². The van der Waals surface area contributed by atoms with Gasteiger partial charge < -0.3 is 15.4 Å². The van der Waals surface area contributed by atoms with Gasteiger partial charge in [-0.3, -0.25) is 4.79 Å². The Balaban J connectivity index is 1.57. The quantitative estimate of drug-likeness (QED) is 0.840. The molecule has 1 amide bonds. The number of amides is 1. The van der Waals surface area contributed by atoms with Crippen LogP contribution in [0.1, 0.15) is 38.5 Å². The van der Waals surface area contributed by atoms with Crippen LogP contribution in [0.5, 0.6) is 0 Å². The molecule has 1 saturated heterocycles. The molecule has 0 aromatic heterocycles. The van der Waals surface area contributed by atoms with Crippen molar-refractivity contribution in [2.75, 3.05) is 20.2 Å². The highest BCUT2D eigenvalue weighted by molar-refractivity contribution is 5.80. The summed E-state index contributed by atoms with van der Waals surface area (Å²) in [6.45, 7) is 1.58. The van der Waals surface area contributed by atoms with Gasteiger partial charge in [-0.05, 0) is 50.4 Å². The molecule has 2 N–H and O–H groups in total. The number of carbonyl (C=O) groups is 1. The molecule has 0 spiro atoms. The molecular weight excluding hydrogens is 240 g/mol. The Labute approximate surface area is 115 Å². The Bertz CT molecular complexity index is 339. The summed E-state index contributed by atoms with van der Waals surface area (Å²) in [5.41, 5.74) is 6.26. The number of carbonyl (C=O) groups excluding carboxylic acids is 1. The van der Waals surface area contributed by atoms with Gasteiger partial charge in [-0.2, -0.15) is 0 Å². The van der Waals surface area contributed by atoms with Gasteiger partial charge in [0, 0.05) is 26.2 Å². The van der Waals surface area contributed by atoms with Crippen LogP contribution in [0.4, 0.5) is 0 Å². The first-order valence-corrected chi connectivity index (χ1v) is 7.79. The summed E-state index contributed by atoms with van der Waals surface area (Å²) in [4.78, 5) is 14.5. The van der Waals surface area contributed by atoms with E-state index in [1.165, 1.54) is 25.7 Å². The summed E-state index contributed by atoms with van der Waals surface area (Å²) < 4.78 is 5.73. The average molecular weight is 266 g/mol. The van der Waals surface area contributed by atoms with E-state index in [-0.39, 0.29) is 24.0 Å². The van der Waals surface area contributed by atoms with Crippen molar-refractivity contribution in [2.45, 2.75) is 50.7 Å². The second-order valence-corrected chi connectivity index (χ2v) is 6.64. The number of hydrogen-bond donors (Lipinski definition) is 1. The van der Waals surface area contributed by atoms with E-state index in [9.17, 15) is 4.79 Å². The molecule has 108 valence electrons. The van der Waals surface area contributed by atoms with Crippen LogP contribution in [0.15, 0.2) is 0 Å². The lowest BCUT2D eigenvalue weighted by Gasteiger charge is -2.33. The fraction of sp³-hybridized carbons (Fsp3) is 0.933. The Morgan fingerprint density at radius 3 is 2.68 bits per heavy atom. The zero-order valence-corrected chi connectivity index (χ0v) is 11.9. The van der Waals surface area contributed by atoms with Crippen molar-refractivity contribution in [3.8, 4) is 0 Å². The lowest BCUT2D eigenvalue weighted by molar-refractivity contribution is -0.138. The van der Waals surface area contributed by atoms with Crippen molar-refractivity contribution in [1.82, 2.24) is 4.90 Å². The minimum Gasteiger partial charge on any atom is -0.376 e. The van der Waals surface area contributed by atoms with Gasteiger partial charge >= 0.3 is 0 Å². The number of likely N-dealkylation sites (N-methyl/N-ethyl adjacent to an activating group) is 1. The SMILES string of the molecule is CN(C[C@@H]1CCCCO1)C(=O)[C@@H]1[C@H]2CC[C@@H](C2)[C@@H]1N. The minimum absolute atomic E-state index is 0.0762. The van der Waals surface area contributed by atoms with E-state index < -0.39 is 0 Å². The fourth-order valence-corrected chi connectivity index (χ4v) is 4.30. The first-order valence-electron chi connectivity index (χ1n) is 7.79. The molecule has 3 fully saturated rings. The van der Waals surface area contributed by atoms with Gasteiger partial charge in [0.15, 0.2) is 0 Å².